The largest absolute Gasteiger partial charge is 0.497 e. The van der Waals surface area contributed by atoms with Crippen LogP contribution in [-0.4, -0.2) is 12.9 Å². The van der Waals surface area contributed by atoms with Crippen LogP contribution in [-0.2, 0) is 13.5 Å². The maximum Gasteiger partial charge on any atom is 0.188 e. The van der Waals surface area contributed by atoms with Crippen molar-refractivity contribution in [1.82, 2.24) is 0 Å². The Morgan fingerprint density at radius 3 is 2.50 bits per heavy atom. The lowest BCUT2D eigenvalue weighted by atomic mass is 10.1. The number of Topliss-reactive ketones (excluding diaryl/α,β-unsaturated/α-hetero) is 1. The number of aryl methyl sites for hydroxylation is 1. The number of hydrogen-bond donors (Lipinski definition) is 0. The van der Waals surface area contributed by atoms with Crippen molar-refractivity contribution in [2.24, 2.45) is 7.05 Å². The van der Waals surface area contributed by atoms with E-state index in [1.54, 1.807) is 31.4 Å². The Labute approximate surface area is 107 Å². The third kappa shape index (κ3) is 2.74. The number of methoxy groups -OCH3 is 1. The number of carbonyl (C=O) groups is 1. The van der Waals surface area contributed by atoms with E-state index in [4.69, 9.17) is 4.74 Å². The van der Waals surface area contributed by atoms with Gasteiger partial charge in [0.1, 0.15) is 12.8 Å². The molecule has 0 atom stereocenters. The van der Waals surface area contributed by atoms with Gasteiger partial charge in [-0.15, -0.1) is 0 Å². The fraction of sp³-hybridized carbons (Fsp3) is 0.200. The summed E-state index contributed by atoms with van der Waals surface area (Å²) in [6, 6.07) is 13.0. The third-order valence-electron chi connectivity index (χ3n) is 2.92. The normalized spacial score (nSPS) is 10.1. The summed E-state index contributed by atoms with van der Waals surface area (Å²) in [4.78, 5) is 12.1. The first-order valence-corrected chi connectivity index (χ1v) is 5.81. The van der Waals surface area contributed by atoms with Crippen LogP contribution < -0.4 is 9.30 Å². The average Bonchev–Trinajstić information content (AvgIpc) is 2.41. The summed E-state index contributed by atoms with van der Waals surface area (Å²) in [5.41, 5.74) is 1.71. The Morgan fingerprint density at radius 1 is 1.17 bits per heavy atom. The molecule has 0 saturated carbocycles. The van der Waals surface area contributed by atoms with Crippen LogP contribution in [0.15, 0.2) is 48.7 Å². The Bertz CT molecular complexity index is 547. The van der Waals surface area contributed by atoms with Crippen LogP contribution >= 0.6 is 0 Å². The topological polar surface area (TPSA) is 30.2 Å². The zero-order valence-electron chi connectivity index (χ0n) is 10.6. The predicted molar refractivity (Wildman–Crippen MR) is 68.6 cm³/mol. The van der Waals surface area contributed by atoms with Crippen LogP contribution in [0.4, 0.5) is 0 Å². The molecule has 0 aliphatic rings. The van der Waals surface area contributed by atoms with E-state index in [0.717, 1.165) is 11.4 Å². The first-order chi connectivity index (χ1) is 8.70. The molecule has 92 valence electrons. The lowest BCUT2D eigenvalue weighted by molar-refractivity contribution is -0.678. The zero-order chi connectivity index (χ0) is 13.0. The molecule has 2 aromatic rings. The van der Waals surface area contributed by atoms with Gasteiger partial charge in [0.05, 0.1) is 13.5 Å². The van der Waals surface area contributed by atoms with Gasteiger partial charge in [0.15, 0.2) is 17.7 Å². The van der Waals surface area contributed by atoms with E-state index in [9.17, 15) is 4.79 Å². The molecule has 1 aromatic heterocycles. The number of pyridine rings is 1. The van der Waals surface area contributed by atoms with Crippen molar-refractivity contribution in [2.75, 3.05) is 7.11 Å². The molecule has 0 radical (unpaired) electrons. The van der Waals surface area contributed by atoms with Gasteiger partial charge in [-0.1, -0.05) is 6.07 Å². The van der Waals surface area contributed by atoms with Crippen molar-refractivity contribution < 1.29 is 14.1 Å². The predicted octanol–water partition coefficient (Wildman–Crippen LogP) is 1.95. The fourth-order valence-electron chi connectivity index (χ4n) is 1.79. The minimum atomic E-state index is 0.111. The second kappa shape index (κ2) is 5.45. The van der Waals surface area contributed by atoms with Crippen LogP contribution in [0.5, 0.6) is 5.75 Å². The van der Waals surface area contributed by atoms with E-state index < -0.39 is 0 Å². The van der Waals surface area contributed by atoms with Crippen LogP contribution in [0.1, 0.15) is 16.1 Å². The number of benzene rings is 1. The summed E-state index contributed by atoms with van der Waals surface area (Å²) in [7, 11) is 3.55. The summed E-state index contributed by atoms with van der Waals surface area (Å²) in [5, 5.41) is 0. The first-order valence-electron chi connectivity index (χ1n) is 5.81. The monoisotopic (exact) mass is 242 g/mol. The molecule has 0 aliphatic heterocycles. The molecule has 0 fully saturated rings. The van der Waals surface area contributed by atoms with Gasteiger partial charge in [-0.2, -0.15) is 0 Å². The van der Waals surface area contributed by atoms with E-state index in [2.05, 4.69) is 0 Å². The molecule has 0 amide bonds. The van der Waals surface area contributed by atoms with E-state index in [1.165, 1.54) is 0 Å². The number of aromatic nitrogens is 1. The van der Waals surface area contributed by atoms with Crippen molar-refractivity contribution >= 4 is 5.78 Å². The maximum atomic E-state index is 12.1. The van der Waals surface area contributed by atoms with Gasteiger partial charge in [-0.3, -0.25) is 4.79 Å². The van der Waals surface area contributed by atoms with Crippen molar-refractivity contribution in [3.05, 3.63) is 59.9 Å². The average molecular weight is 242 g/mol. The molecule has 0 spiro atoms. The number of nitrogens with zero attached hydrogens (tertiary/aromatic N) is 1. The second-order valence-electron chi connectivity index (χ2n) is 4.13. The fourth-order valence-corrected chi connectivity index (χ4v) is 1.79. The highest BCUT2D eigenvalue weighted by molar-refractivity contribution is 5.97. The molecule has 0 unspecified atom stereocenters. The first kappa shape index (κ1) is 12.3. The van der Waals surface area contributed by atoms with Gasteiger partial charge >= 0.3 is 0 Å². The molecule has 0 N–H and O–H groups in total. The highest BCUT2D eigenvalue weighted by Gasteiger charge is 2.13. The molecule has 0 aliphatic carbocycles. The minimum absolute atomic E-state index is 0.111. The quantitative estimate of drug-likeness (QED) is 0.606. The third-order valence-corrected chi connectivity index (χ3v) is 2.92. The smallest absolute Gasteiger partial charge is 0.188 e. The Kier molecular flexibility index (Phi) is 3.72. The molecule has 0 bridgehead atoms. The zero-order valence-corrected chi connectivity index (χ0v) is 10.6. The van der Waals surface area contributed by atoms with Crippen LogP contribution in [0.3, 0.4) is 0 Å². The van der Waals surface area contributed by atoms with E-state index >= 15 is 0 Å². The maximum absolute atomic E-state index is 12.1. The summed E-state index contributed by atoms with van der Waals surface area (Å²) >= 11 is 0. The summed E-state index contributed by atoms with van der Waals surface area (Å²) in [6.45, 7) is 0. The van der Waals surface area contributed by atoms with Crippen LogP contribution in [0.25, 0.3) is 0 Å². The van der Waals surface area contributed by atoms with E-state index in [1.807, 2.05) is 36.0 Å². The molecule has 1 aromatic carbocycles. The highest BCUT2D eigenvalue weighted by Crippen LogP contribution is 2.12. The van der Waals surface area contributed by atoms with Crippen molar-refractivity contribution in [3.63, 3.8) is 0 Å². The number of hydrogen-bond acceptors (Lipinski definition) is 2. The molecule has 3 nitrogen and oxygen atoms in total. The minimum Gasteiger partial charge on any atom is -0.497 e. The number of ether oxygens (including phenoxy) is 1. The van der Waals surface area contributed by atoms with Crippen LogP contribution in [0.2, 0.25) is 0 Å². The molecular weight excluding hydrogens is 226 g/mol. The summed E-state index contributed by atoms with van der Waals surface area (Å²) in [6.07, 6.45) is 2.35. The Morgan fingerprint density at radius 2 is 1.89 bits per heavy atom. The lowest BCUT2D eigenvalue weighted by Crippen LogP contribution is -2.33. The van der Waals surface area contributed by atoms with E-state index in [-0.39, 0.29) is 5.78 Å². The van der Waals surface area contributed by atoms with Gasteiger partial charge in [0, 0.05) is 17.7 Å². The Hall–Kier alpha value is -2.16. The highest BCUT2D eigenvalue weighted by atomic mass is 16.5. The second-order valence-corrected chi connectivity index (χ2v) is 4.13. The van der Waals surface area contributed by atoms with Crippen LogP contribution in [0, 0.1) is 0 Å². The van der Waals surface area contributed by atoms with Gasteiger partial charge in [0.2, 0.25) is 0 Å². The molecular formula is C15H16NO2+. The SMILES string of the molecule is COc1ccc(C(=O)Cc2cccc[n+]2C)cc1. The van der Waals surface area contributed by atoms with Crippen molar-refractivity contribution in [1.29, 1.82) is 0 Å². The van der Waals surface area contributed by atoms with Gasteiger partial charge in [0.25, 0.3) is 0 Å². The van der Waals surface area contributed by atoms with E-state index in [0.29, 0.717) is 12.0 Å². The summed E-state index contributed by atoms with van der Waals surface area (Å²) in [5.74, 6) is 0.872. The van der Waals surface area contributed by atoms with Gasteiger partial charge in [-0.05, 0) is 24.3 Å². The summed E-state index contributed by atoms with van der Waals surface area (Å²) < 4.78 is 7.03. The number of ketones is 1. The van der Waals surface area contributed by atoms with Crippen molar-refractivity contribution in [3.8, 4) is 5.75 Å². The van der Waals surface area contributed by atoms with Gasteiger partial charge in [-0.25, -0.2) is 4.57 Å². The molecule has 18 heavy (non-hydrogen) atoms. The molecule has 2 rings (SSSR count). The lowest BCUT2D eigenvalue weighted by Gasteiger charge is -2.02. The Balaban J connectivity index is 2.14. The number of carbonyl (C=O) groups excluding carboxylic acids is 1. The molecule has 3 heteroatoms. The molecule has 1 heterocycles. The molecule has 0 saturated heterocycles. The number of rotatable bonds is 4. The van der Waals surface area contributed by atoms with Gasteiger partial charge < -0.3 is 4.74 Å². The van der Waals surface area contributed by atoms with Crippen molar-refractivity contribution in [2.45, 2.75) is 6.42 Å². The standard InChI is InChI=1S/C15H16NO2/c1-16-10-4-3-5-13(16)11-15(17)12-6-8-14(18-2)9-7-12/h3-10H,11H2,1-2H3/q+1.